The summed E-state index contributed by atoms with van der Waals surface area (Å²) >= 11 is 3.49. The average molecular weight is 447 g/mol. The number of rotatable bonds is 9. The first-order chi connectivity index (χ1) is 13.5. The van der Waals surface area contributed by atoms with E-state index < -0.39 is 6.04 Å². The topological polar surface area (TPSA) is 58.6 Å². The highest BCUT2D eigenvalue weighted by Gasteiger charge is 2.25. The molecule has 0 aromatic heterocycles. The molecule has 0 aliphatic carbocycles. The molecule has 1 N–H and O–H groups in total. The third-order valence-electron chi connectivity index (χ3n) is 4.65. The number of nitrogens with one attached hydrogen (secondary N) is 1. The minimum Gasteiger partial charge on any atom is -0.483 e. The van der Waals surface area contributed by atoms with Gasteiger partial charge in [0.05, 0.1) is 4.47 Å². The molecule has 0 saturated carbocycles. The zero-order valence-corrected chi connectivity index (χ0v) is 18.2. The maximum absolute atomic E-state index is 12.8. The van der Waals surface area contributed by atoms with Gasteiger partial charge < -0.3 is 15.0 Å². The van der Waals surface area contributed by atoms with Gasteiger partial charge in [0.15, 0.2) is 6.61 Å². The fraction of sp³-hybridized carbons (Fsp3) is 0.364. The lowest BCUT2D eigenvalue weighted by molar-refractivity contribution is -0.141. The Kier molecular flexibility index (Phi) is 8.51. The Hall–Kier alpha value is -2.34. The summed E-state index contributed by atoms with van der Waals surface area (Å²) in [4.78, 5) is 26.5. The normalized spacial score (nSPS) is 11.6. The smallest absolute Gasteiger partial charge is 0.261 e. The Morgan fingerprint density at radius 3 is 2.46 bits per heavy atom. The second kappa shape index (κ2) is 10.9. The van der Waals surface area contributed by atoms with Gasteiger partial charge in [0.1, 0.15) is 11.8 Å². The molecule has 0 saturated heterocycles. The van der Waals surface area contributed by atoms with Crippen molar-refractivity contribution in [1.82, 2.24) is 10.2 Å². The van der Waals surface area contributed by atoms with Gasteiger partial charge >= 0.3 is 0 Å². The number of carbonyl (C=O) groups excluding carboxylic acids is 2. The summed E-state index contributed by atoms with van der Waals surface area (Å²) in [5.74, 6) is 0.189. The molecular weight excluding hydrogens is 420 g/mol. The van der Waals surface area contributed by atoms with Crippen LogP contribution in [0.25, 0.3) is 0 Å². The van der Waals surface area contributed by atoms with Gasteiger partial charge in [0.2, 0.25) is 5.91 Å². The summed E-state index contributed by atoms with van der Waals surface area (Å²) in [7, 11) is 1.57. The van der Waals surface area contributed by atoms with Gasteiger partial charge in [-0.25, -0.2) is 0 Å². The summed E-state index contributed by atoms with van der Waals surface area (Å²) in [6, 6.07) is 15.1. The maximum Gasteiger partial charge on any atom is 0.261 e. The second-order valence-corrected chi connectivity index (χ2v) is 7.37. The number of hydrogen-bond acceptors (Lipinski definition) is 3. The molecule has 2 aromatic carbocycles. The molecule has 0 aliphatic rings. The van der Waals surface area contributed by atoms with Gasteiger partial charge in [-0.1, -0.05) is 43.3 Å². The zero-order valence-electron chi connectivity index (χ0n) is 16.6. The number of benzene rings is 2. The van der Waals surface area contributed by atoms with Crippen LogP contribution >= 0.6 is 15.9 Å². The maximum atomic E-state index is 12.8. The fourth-order valence-corrected chi connectivity index (χ4v) is 3.42. The minimum atomic E-state index is -0.573. The molecule has 0 spiro atoms. The molecule has 2 rings (SSSR count). The van der Waals surface area contributed by atoms with Crippen molar-refractivity contribution >= 4 is 27.7 Å². The molecule has 0 bridgehead atoms. The molecule has 0 radical (unpaired) electrons. The van der Waals surface area contributed by atoms with Crippen molar-refractivity contribution in [2.24, 2.45) is 0 Å². The van der Waals surface area contributed by atoms with Crippen LogP contribution < -0.4 is 10.1 Å². The first kappa shape index (κ1) is 22.0. The average Bonchev–Trinajstić information content (AvgIpc) is 2.72. The summed E-state index contributed by atoms with van der Waals surface area (Å²) < 4.78 is 6.54. The number of amides is 2. The Labute approximate surface area is 175 Å². The first-order valence-corrected chi connectivity index (χ1v) is 10.2. The summed E-state index contributed by atoms with van der Waals surface area (Å²) in [5, 5.41) is 2.61. The predicted octanol–water partition coefficient (Wildman–Crippen LogP) is 3.60. The number of nitrogens with zero attached hydrogens (tertiary/aromatic N) is 1. The Morgan fingerprint density at radius 1 is 1.14 bits per heavy atom. The highest BCUT2D eigenvalue weighted by molar-refractivity contribution is 9.10. The van der Waals surface area contributed by atoms with Crippen molar-refractivity contribution < 1.29 is 14.3 Å². The van der Waals surface area contributed by atoms with Gasteiger partial charge in [-0.15, -0.1) is 0 Å². The largest absolute Gasteiger partial charge is 0.483 e. The molecule has 2 aromatic rings. The SMILES string of the molecule is CCc1ccc(OCC(=O)N(CCc2ccccc2)[C@@H](C)C(=O)NC)c(Br)c1. The Bertz CT molecular complexity index is 796. The van der Waals surface area contributed by atoms with Crippen LogP contribution in [0.4, 0.5) is 0 Å². The van der Waals surface area contributed by atoms with Crippen LogP contribution in [-0.4, -0.2) is 43.0 Å². The van der Waals surface area contributed by atoms with E-state index in [1.54, 1.807) is 18.9 Å². The van der Waals surface area contributed by atoms with Crippen LogP contribution in [0.2, 0.25) is 0 Å². The van der Waals surface area contributed by atoms with Gasteiger partial charge in [0, 0.05) is 13.6 Å². The molecule has 0 fully saturated rings. The van der Waals surface area contributed by atoms with E-state index in [4.69, 9.17) is 4.74 Å². The Morgan fingerprint density at radius 2 is 1.86 bits per heavy atom. The van der Waals surface area contributed by atoms with Gasteiger partial charge in [-0.3, -0.25) is 9.59 Å². The van der Waals surface area contributed by atoms with Crippen molar-refractivity contribution in [1.29, 1.82) is 0 Å². The van der Waals surface area contributed by atoms with Crippen LogP contribution in [0, 0.1) is 0 Å². The molecule has 150 valence electrons. The summed E-state index contributed by atoms with van der Waals surface area (Å²) in [5.41, 5.74) is 2.30. The van der Waals surface area contributed by atoms with Crippen molar-refractivity contribution in [3.63, 3.8) is 0 Å². The van der Waals surface area contributed by atoms with Crippen molar-refractivity contribution in [2.75, 3.05) is 20.2 Å². The molecule has 28 heavy (non-hydrogen) atoms. The highest BCUT2D eigenvalue weighted by atomic mass is 79.9. The fourth-order valence-electron chi connectivity index (χ4n) is 2.88. The third-order valence-corrected chi connectivity index (χ3v) is 5.27. The van der Waals surface area contributed by atoms with E-state index in [1.807, 2.05) is 48.5 Å². The van der Waals surface area contributed by atoms with Gasteiger partial charge in [-0.05, 0) is 59.0 Å². The summed E-state index contributed by atoms with van der Waals surface area (Å²) in [6.45, 7) is 4.13. The number of aryl methyl sites for hydroxylation is 1. The molecule has 1 atom stereocenters. The minimum absolute atomic E-state index is 0.125. The van der Waals surface area contributed by atoms with Crippen LogP contribution in [0.15, 0.2) is 53.0 Å². The molecule has 5 nitrogen and oxygen atoms in total. The van der Waals surface area contributed by atoms with Crippen molar-refractivity contribution in [3.8, 4) is 5.75 Å². The lowest BCUT2D eigenvalue weighted by Crippen LogP contribution is -2.49. The molecule has 0 heterocycles. The number of halogens is 1. The van der Waals surface area contributed by atoms with Crippen LogP contribution in [-0.2, 0) is 22.4 Å². The Balaban J connectivity index is 2.06. The first-order valence-electron chi connectivity index (χ1n) is 9.42. The van der Waals surface area contributed by atoms with Gasteiger partial charge in [0.25, 0.3) is 5.91 Å². The standard InChI is InChI=1S/C22H27BrN2O3/c1-4-17-10-11-20(19(23)14-17)28-15-21(26)25(16(2)22(27)24-3)13-12-18-8-6-5-7-9-18/h5-11,14,16H,4,12-13,15H2,1-3H3,(H,24,27)/t16-/m0/s1. The van der Waals surface area contributed by atoms with Crippen LogP contribution in [0.1, 0.15) is 25.0 Å². The van der Waals surface area contributed by atoms with E-state index >= 15 is 0 Å². The predicted molar refractivity (Wildman–Crippen MR) is 114 cm³/mol. The third kappa shape index (κ3) is 6.09. The highest BCUT2D eigenvalue weighted by Crippen LogP contribution is 2.26. The lowest BCUT2D eigenvalue weighted by atomic mass is 10.1. The number of ether oxygens (including phenoxy) is 1. The molecular formula is C22H27BrN2O3. The van der Waals surface area contributed by atoms with Crippen LogP contribution in [0.5, 0.6) is 5.75 Å². The van der Waals surface area contributed by atoms with Crippen molar-refractivity contribution in [2.45, 2.75) is 32.7 Å². The summed E-state index contributed by atoms with van der Waals surface area (Å²) in [6.07, 6.45) is 1.59. The number of carbonyl (C=O) groups is 2. The monoisotopic (exact) mass is 446 g/mol. The second-order valence-electron chi connectivity index (χ2n) is 6.52. The van der Waals surface area contributed by atoms with E-state index in [1.165, 1.54) is 5.56 Å². The van der Waals surface area contributed by atoms with Gasteiger partial charge in [-0.2, -0.15) is 0 Å². The quantitative estimate of drug-likeness (QED) is 0.639. The van der Waals surface area contributed by atoms with Crippen molar-refractivity contribution in [3.05, 3.63) is 64.1 Å². The van der Waals surface area contributed by atoms with E-state index in [-0.39, 0.29) is 18.4 Å². The van der Waals surface area contributed by atoms with Crippen LogP contribution in [0.3, 0.4) is 0 Å². The molecule has 6 heteroatoms. The zero-order chi connectivity index (χ0) is 20.5. The van der Waals surface area contributed by atoms with E-state index in [9.17, 15) is 9.59 Å². The molecule has 0 unspecified atom stereocenters. The lowest BCUT2D eigenvalue weighted by Gasteiger charge is -2.28. The van der Waals surface area contributed by atoms with E-state index in [2.05, 4.69) is 28.2 Å². The number of likely N-dealkylation sites (N-methyl/N-ethyl adjacent to an activating group) is 1. The number of hydrogen-bond donors (Lipinski definition) is 1. The van der Waals surface area contributed by atoms with E-state index in [0.717, 1.165) is 16.5 Å². The molecule has 0 aliphatic heterocycles. The molecule has 2 amide bonds. The van der Waals surface area contributed by atoms with E-state index in [0.29, 0.717) is 18.7 Å².